The van der Waals surface area contributed by atoms with E-state index in [2.05, 4.69) is 23.1 Å². The van der Waals surface area contributed by atoms with Crippen molar-refractivity contribution in [1.82, 2.24) is 0 Å². The molecule has 1 aliphatic rings. The number of rotatable bonds is 3. The van der Waals surface area contributed by atoms with Crippen molar-refractivity contribution in [3.05, 3.63) is 89.0 Å². The number of Topliss-reactive ketones (excluding diaryl/α,β-unsaturated/α-hetero) is 1. The monoisotopic (exact) mass is 357 g/mol. The lowest BCUT2D eigenvalue weighted by atomic mass is 9.77. The molecule has 3 aromatic carbocycles. The first kappa shape index (κ1) is 17.3. The normalized spacial score (nSPS) is 16.4. The number of hydrogen-bond acceptors (Lipinski definition) is 4. The minimum Gasteiger partial charge on any atom is -0.399 e. The van der Waals surface area contributed by atoms with Crippen molar-refractivity contribution in [3.8, 4) is 0 Å². The van der Waals surface area contributed by atoms with Gasteiger partial charge < -0.3 is 16.4 Å². The molecular weight excluding hydrogens is 334 g/mol. The van der Waals surface area contributed by atoms with E-state index in [9.17, 15) is 4.79 Å². The molecule has 0 spiro atoms. The predicted octanol–water partition coefficient (Wildman–Crippen LogP) is 4.06. The molecule has 4 nitrogen and oxygen atoms in total. The number of carbonyl (C=O) groups is 1. The third kappa shape index (κ3) is 2.78. The Hall–Kier alpha value is -3.11. The van der Waals surface area contributed by atoms with Gasteiger partial charge in [-0.25, -0.2) is 0 Å². The fraction of sp³-hybridized carbons (Fsp3) is 0.174. The second-order valence-corrected chi connectivity index (χ2v) is 7.11. The van der Waals surface area contributed by atoms with E-state index in [0.29, 0.717) is 5.56 Å². The van der Waals surface area contributed by atoms with Crippen LogP contribution in [0.3, 0.4) is 0 Å². The van der Waals surface area contributed by atoms with Crippen LogP contribution < -0.4 is 16.4 Å². The van der Waals surface area contributed by atoms with Gasteiger partial charge in [0.25, 0.3) is 0 Å². The lowest BCUT2D eigenvalue weighted by Gasteiger charge is -2.37. The summed E-state index contributed by atoms with van der Waals surface area (Å²) in [5.41, 5.74) is 18.7. The van der Waals surface area contributed by atoms with Crippen LogP contribution in [0.5, 0.6) is 0 Å². The maximum atomic E-state index is 12.9. The van der Waals surface area contributed by atoms with Gasteiger partial charge in [-0.3, -0.25) is 4.79 Å². The Bertz CT molecular complexity index is 1010. The molecule has 27 heavy (non-hydrogen) atoms. The zero-order chi connectivity index (χ0) is 19.1. The third-order valence-electron chi connectivity index (χ3n) is 5.29. The molecule has 1 heterocycles. The molecule has 3 aromatic rings. The van der Waals surface area contributed by atoms with Crippen molar-refractivity contribution in [2.24, 2.45) is 5.73 Å². The van der Waals surface area contributed by atoms with E-state index < -0.39 is 6.04 Å². The molecule has 1 aliphatic heterocycles. The zero-order valence-corrected chi connectivity index (χ0v) is 15.5. The number of benzene rings is 3. The molecule has 2 unspecified atom stereocenters. The van der Waals surface area contributed by atoms with Crippen molar-refractivity contribution < 1.29 is 4.79 Å². The topological polar surface area (TPSA) is 72.3 Å². The number of anilines is 3. The van der Waals surface area contributed by atoms with E-state index in [1.54, 1.807) is 6.92 Å². The van der Waals surface area contributed by atoms with Gasteiger partial charge >= 0.3 is 0 Å². The van der Waals surface area contributed by atoms with Crippen LogP contribution in [0.2, 0.25) is 0 Å². The lowest BCUT2D eigenvalue weighted by Crippen LogP contribution is -2.30. The fourth-order valence-electron chi connectivity index (χ4n) is 3.97. The third-order valence-corrected chi connectivity index (χ3v) is 5.29. The summed E-state index contributed by atoms with van der Waals surface area (Å²) in [6.07, 6.45) is 0. The number of nitrogens with zero attached hydrogens (tertiary/aromatic N) is 1. The van der Waals surface area contributed by atoms with Crippen LogP contribution in [0.4, 0.5) is 17.1 Å². The molecule has 0 fully saturated rings. The number of carbonyl (C=O) groups excluding carboxylic acids is 1. The molecule has 0 bridgehead atoms. The Morgan fingerprint density at radius 3 is 2.33 bits per heavy atom. The largest absolute Gasteiger partial charge is 0.399 e. The Balaban J connectivity index is 2.03. The van der Waals surface area contributed by atoms with Crippen LogP contribution in [0.1, 0.15) is 39.9 Å². The molecule has 0 radical (unpaired) electrons. The molecule has 136 valence electrons. The second-order valence-electron chi connectivity index (χ2n) is 7.11. The van der Waals surface area contributed by atoms with Crippen molar-refractivity contribution in [2.75, 3.05) is 17.7 Å². The summed E-state index contributed by atoms with van der Waals surface area (Å²) in [7, 11) is 2.04. The van der Waals surface area contributed by atoms with Crippen molar-refractivity contribution in [3.63, 3.8) is 0 Å². The fourth-order valence-corrected chi connectivity index (χ4v) is 3.97. The summed E-state index contributed by atoms with van der Waals surface area (Å²) < 4.78 is 0. The van der Waals surface area contributed by atoms with Gasteiger partial charge in [0.05, 0.1) is 6.04 Å². The van der Waals surface area contributed by atoms with Gasteiger partial charge in [0.2, 0.25) is 0 Å². The zero-order valence-electron chi connectivity index (χ0n) is 15.5. The van der Waals surface area contributed by atoms with Crippen molar-refractivity contribution in [2.45, 2.75) is 18.9 Å². The maximum Gasteiger partial charge on any atom is 0.179 e. The Labute approximate surface area is 159 Å². The van der Waals surface area contributed by atoms with Gasteiger partial charge in [0, 0.05) is 35.6 Å². The number of nitrogen functional groups attached to an aromatic ring is 1. The highest BCUT2D eigenvalue weighted by atomic mass is 16.1. The van der Waals surface area contributed by atoms with Gasteiger partial charge in [0.1, 0.15) is 0 Å². The molecule has 2 atom stereocenters. The van der Waals surface area contributed by atoms with Gasteiger partial charge in [-0.1, -0.05) is 42.5 Å². The average molecular weight is 357 g/mol. The molecule has 0 aromatic heterocycles. The highest BCUT2D eigenvalue weighted by Crippen LogP contribution is 2.49. The molecule has 0 amide bonds. The summed E-state index contributed by atoms with van der Waals surface area (Å²) in [6, 6.07) is 21.5. The summed E-state index contributed by atoms with van der Waals surface area (Å²) >= 11 is 0. The van der Waals surface area contributed by atoms with Crippen LogP contribution in [0, 0.1) is 0 Å². The van der Waals surface area contributed by atoms with Crippen LogP contribution in [0.25, 0.3) is 0 Å². The van der Waals surface area contributed by atoms with Gasteiger partial charge in [-0.2, -0.15) is 0 Å². The number of fused-ring (bicyclic) bond motifs is 2. The van der Waals surface area contributed by atoms with E-state index in [0.717, 1.165) is 28.2 Å². The summed E-state index contributed by atoms with van der Waals surface area (Å²) in [5, 5.41) is 0. The van der Waals surface area contributed by atoms with Crippen LogP contribution in [-0.2, 0) is 0 Å². The molecule has 4 rings (SSSR count). The predicted molar refractivity (Wildman–Crippen MR) is 111 cm³/mol. The van der Waals surface area contributed by atoms with E-state index in [4.69, 9.17) is 11.5 Å². The molecule has 0 saturated carbocycles. The van der Waals surface area contributed by atoms with Crippen LogP contribution >= 0.6 is 0 Å². The Kier molecular flexibility index (Phi) is 4.21. The first-order valence-electron chi connectivity index (χ1n) is 9.10. The second kappa shape index (κ2) is 6.56. The standard InChI is InChI=1S/C23H23N3O/c1-14(24)23(27)18-7-5-9-20-22(18)21(15-10-12-16(25)13-11-15)17-6-3-4-8-19(17)26(20)2/h3-14,21H,24-25H2,1-2H3. The summed E-state index contributed by atoms with van der Waals surface area (Å²) in [4.78, 5) is 15.1. The first-order chi connectivity index (χ1) is 13.0. The van der Waals surface area contributed by atoms with Crippen molar-refractivity contribution >= 4 is 22.8 Å². The van der Waals surface area contributed by atoms with Gasteiger partial charge in [-0.15, -0.1) is 0 Å². The molecule has 4 heteroatoms. The average Bonchev–Trinajstić information content (AvgIpc) is 2.68. The molecule has 4 N–H and O–H groups in total. The minimum absolute atomic E-state index is 0.0416. The number of nitrogens with two attached hydrogens (primary N) is 2. The van der Waals surface area contributed by atoms with Gasteiger partial charge in [-0.05, 0) is 47.9 Å². The molecule has 0 saturated heterocycles. The first-order valence-corrected chi connectivity index (χ1v) is 9.10. The van der Waals surface area contributed by atoms with Crippen LogP contribution in [-0.4, -0.2) is 18.9 Å². The number of para-hydroxylation sites is 1. The van der Waals surface area contributed by atoms with Crippen molar-refractivity contribution in [1.29, 1.82) is 0 Å². The van der Waals surface area contributed by atoms with E-state index in [-0.39, 0.29) is 11.7 Å². The quantitative estimate of drug-likeness (QED) is 0.548. The molecule has 0 aliphatic carbocycles. The highest BCUT2D eigenvalue weighted by molar-refractivity contribution is 6.03. The lowest BCUT2D eigenvalue weighted by molar-refractivity contribution is 0.0967. The number of ketones is 1. The smallest absolute Gasteiger partial charge is 0.179 e. The molecular formula is C23H23N3O. The van der Waals surface area contributed by atoms with E-state index >= 15 is 0 Å². The summed E-state index contributed by atoms with van der Waals surface area (Å²) in [5.74, 6) is -0.0908. The summed E-state index contributed by atoms with van der Waals surface area (Å²) in [6.45, 7) is 1.74. The van der Waals surface area contributed by atoms with E-state index in [1.165, 1.54) is 5.56 Å². The Morgan fingerprint density at radius 2 is 1.63 bits per heavy atom. The van der Waals surface area contributed by atoms with Crippen LogP contribution in [0.15, 0.2) is 66.7 Å². The maximum absolute atomic E-state index is 12.9. The van der Waals surface area contributed by atoms with E-state index in [1.807, 2.05) is 55.6 Å². The van der Waals surface area contributed by atoms with Gasteiger partial charge in [0.15, 0.2) is 5.78 Å². The SMILES string of the molecule is CC(N)C(=O)c1cccc2c1C(c1ccc(N)cc1)c1ccccc1N2C. The number of hydrogen-bond donors (Lipinski definition) is 2. The Morgan fingerprint density at radius 1 is 0.963 bits per heavy atom. The minimum atomic E-state index is -0.550. The highest BCUT2D eigenvalue weighted by Gasteiger charge is 2.33.